The molecule has 1 aliphatic rings. The highest BCUT2D eigenvalue weighted by Crippen LogP contribution is 2.33. The molecule has 132 valence electrons. The topological polar surface area (TPSA) is 54.0 Å². The molecule has 2 aromatic carbocycles. The van der Waals surface area contributed by atoms with Crippen molar-refractivity contribution in [3.8, 4) is 11.5 Å². The van der Waals surface area contributed by atoms with Gasteiger partial charge in [0.1, 0.15) is 0 Å². The summed E-state index contributed by atoms with van der Waals surface area (Å²) in [5.74, 6) is 1.48. The summed E-state index contributed by atoms with van der Waals surface area (Å²) in [7, 11) is 3.91. The van der Waals surface area contributed by atoms with Crippen LogP contribution < -0.4 is 19.7 Å². The third-order valence-corrected chi connectivity index (χ3v) is 4.11. The first-order chi connectivity index (χ1) is 12.1. The predicted octanol–water partition coefficient (Wildman–Crippen LogP) is 3.54. The van der Waals surface area contributed by atoms with Crippen molar-refractivity contribution in [1.29, 1.82) is 0 Å². The van der Waals surface area contributed by atoms with E-state index in [4.69, 9.17) is 9.47 Å². The van der Waals surface area contributed by atoms with Crippen LogP contribution in [0.15, 0.2) is 42.5 Å². The fourth-order valence-electron chi connectivity index (χ4n) is 2.75. The summed E-state index contributed by atoms with van der Waals surface area (Å²) in [6, 6.07) is 13.4. The molecular formula is C19H23N3O3. The Kier molecular flexibility index (Phi) is 4.97. The number of anilines is 2. The van der Waals surface area contributed by atoms with Crippen molar-refractivity contribution in [2.75, 3.05) is 37.6 Å². The van der Waals surface area contributed by atoms with Gasteiger partial charge in [-0.1, -0.05) is 18.2 Å². The first kappa shape index (κ1) is 17.0. The van der Waals surface area contributed by atoms with Gasteiger partial charge in [-0.05, 0) is 36.8 Å². The van der Waals surface area contributed by atoms with Crippen LogP contribution in [0.5, 0.6) is 11.5 Å². The fourth-order valence-corrected chi connectivity index (χ4v) is 2.75. The minimum absolute atomic E-state index is 0.130. The first-order valence-corrected chi connectivity index (χ1v) is 8.29. The maximum Gasteiger partial charge on any atom is 0.322 e. The number of para-hydroxylation sites is 2. The average molecular weight is 341 g/mol. The molecule has 1 aliphatic heterocycles. The molecule has 0 saturated carbocycles. The van der Waals surface area contributed by atoms with Gasteiger partial charge in [0.05, 0.1) is 11.4 Å². The summed E-state index contributed by atoms with van der Waals surface area (Å²) in [5, 5.41) is 3.00. The lowest BCUT2D eigenvalue weighted by atomic mass is 10.2. The van der Waals surface area contributed by atoms with Gasteiger partial charge in [0.25, 0.3) is 0 Å². The fraction of sp³-hybridized carbons (Fsp3) is 0.316. The Bertz CT molecular complexity index is 761. The summed E-state index contributed by atoms with van der Waals surface area (Å²) in [5.41, 5.74) is 2.76. The van der Waals surface area contributed by atoms with Gasteiger partial charge in [0.15, 0.2) is 11.5 Å². The smallest absolute Gasteiger partial charge is 0.322 e. The van der Waals surface area contributed by atoms with Crippen molar-refractivity contribution >= 4 is 17.4 Å². The van der Waals surface area contributed by atoms with E-state index in [1.165, 1.54) is 0 Å². The van der Waals surface area contributed by atoms with E-state index >= 15 is 0 Å². The van der Waals surface area contributed by atoms with Gasteiger partial charge < -0.3 is 24.6 Å². The maximum absolute atomic E-state index is 12.7. The van der Waals surface area contributed by atoms with Crippen LogP contribution in [0.2, 0.25) is 0 Å². The Morgan fingerprint density at radius 3 is 2.64 bits per heavy atom. The second-order valence-electron chi connectivity index (χ2n) is 6.04. The van der Waals surface area contributed by atoms with Crippen LogP contribution >= 0.6 is 0 Å². The number of nitrogens with zero attached hydrogens (tertiary/aromatic N) is 2. The second-order valence-corrected chi connectivity index (χ2v) is 6.04. The van der Waals surface area contributed by atoms with E-state index in [1.807, 2.05) is 68.4 Å². The minimum atomic E-state index is -0.130. The summed E-state index contributed by atoms with van der Waals surface area (Å²) < 4.78 is 10.7. The highest BCUT2D eigenvalue weighted by Gasteiger charge is 2.17. The number of carbonyl (C=O) groups is 1. The van der Waals surface area contributed by atoms with Gasteiger partial charge >= 0.3 is 6.03 Å². The SMILES string of the molecule is CCN(Cc1ccc2c(c1)OCO2)C(=O)Nc1ccccc1N(C)C. The molecule has 0 atom stereocenters. The van der Waals surface area contributed by atoms with Crippen molar-refractivity contribution in [3.63, 3.8) is 0 Å². The van der Waals surface area contributed by atoms with Crippen molar-refractivity contribution in [3.05, 3.63) is 48.0 Å². The molecule has 0 saturated heterocycles. The molecule has 25 heavy (non-hydrogen) atoms. The molecule has 6 heteroatoms. The molecule has 0 fully saturated rings. The van der Waals surface area contributed by atoms with Gasteiger partial charge in [-0.15, -0.1) is 0 Å². The lowest BCUT2D eigenvalue weighted by Gasteiger charge is -2.24. The molecular weight excluding hydrogens is 318 g/mol. The predicted molar refractivity (Wildman–Crippen MR) is 98.4 cm³/mol. The van der Waals surface area contributed by atoms with Gasteiger partial charge in [-0.2, -0.15) is 0 Å². The van der Waals surface area contributed by atoms with Gasteiger partial charge in [0, 0.05) is 27.2 Å². The number of benzene rings is 2. The Balaban J connectivity index is 1.72. The molecule has 3 rings (SSSR count). The van der Waals surface area contributed by atoms with E-state index in [9.17, 15) is 4.79 Å². The number of rotatable bonds is 5. The zero-order valence-electron chi connectivity index (χ0n) is 14.8. The normalized spacial score (nSPS) is 12.0. The molecule has 1 N–H and O–H groups in total. The van der Waals surface area contributed by atoms with E-state index in [-0.39, 0.29) is 12.8 Å². The van der Waals surface area contributed by atoms with Crippen LogP contribution in [-0.2, 0) is 6.54 Å². The standard InChI is InChI=1S/C19H23N3O3/c1-4-22(12-14-9-10-17-18(11-14)25-13-24-17)19(23)20-15-7-5-6-8-16(15)21(2)3/h5-11H,4,12-13H2,1-3H3,(H,20,23). The zero-order valence-corrected chi connectivity index (χ0v) is 14.8. The number of hydrogen-bond acceptors (Lipinski definition) is 4. The third kappa shape index (κ3) is 3.79. The largest absolute Gasteiger partial charge is 0.454 e. The van der Waals surface area contributed by atoms with Crippen molar-refractivity contribution in [2.45, 2.75) is 13.5 Å². The van der Waals surface area contributed by atoms with Crippen molar-refractivity contribution in [2.24, 2.45) is 0 Å². The number of urea groups is 1. The highest BCUT2D eigenvalue weighted by atomic mass is 16.7. The summed E-state index contributed by atoms with van der Waals surface area (Å²) in [6.45, 7) is 3.32. The number of hydrogen-bond donors (Lipinski definition) is 1. The van der Waals surface area contributed by atoms with Crippen molar-refractivity contribution < 1.29 is 14.3 Å². The van der Waals surface area contributed by atoms with Crippen LogP contribution in [0.3, 0.4) is 0 Å². The number of amides is 2. The molecule has 0 bridgehead atoms. The number of carbonyl (C=O) groups excluding carboxylic acids is 1. The molecule has 0 unspecified atom stereocenters. The average Bonchev–Trinajstić information content (AvgIpc) is 3.07. The first-order valence-electron chi connectivity index (χ1n) is 8.29. The van der Waals surface area contributed by atoms with Gasteiger partial charge in [-0.25, -0.2) is 4.79 Å². The van der Waals surface area contributed by atoms with Crippen LogP contribution in [0.25, 0.3) is 0 Å². The third-order valence-electron chi connectivity index (χ3n) is 4.11. The van der Waals surface area contributed by atoms with E-state index in [2.05, 4.69) is 5.32 Å². The maximum atomic E-state index is 12.7. The van der Waals surface area contributed by atoms with Crippen LogP contribution in [0.4, 0.5) is 16.2 Å². The van der Waals surface area contributed by atoms with Crippen LogP contribution in [0.1, 0.15) is 12.5 Å². The second kappa shape index (κ2) is 7.34. The summed E-state index contributed by atoms with van der Waals surface area (Å²) in [6.07, 6.45) is 0. The molecule has 0 radical (unpaired) electrons. The van der Waals surface area contributed by atoms with E-state index in [0.29, 0.717) is 13.1 Å². The molecule has 2 aromatic rings. The van der Waals surface area contributed by atoms with E-state index < -0.39 is 0 Å². The monoisotopic (exact) mass is 341 g/mol. The summed E-state index contributed by atoms with van der Waals surface area (Å²) >= 11 is 0. The Morgan fingerprint density at radius 1 is 1.12 bits per heavy atom. The Morgan fingerprint density at radius 2 is 1.88 bits per heavy atom. The van der Waals surface area contributed by atoms with Crippen molar-refractivity contribution in [1.82, 2.24) is 4.90 Å². The molecule has 0 spiro atoms. The number of nitrogens with one attached hydrogen (secondary N) is 1. The molecule has 2 amide bonds. The van der Waals surface area contributed by atoms with Crippen LogP contribution in [-0.4, -0.2) is 38.4 Å². The zero-order chi connectivity index (χ0) is 17.8. The molecule has 0 aliphatic carbocycles. The number of ether oxygens (including phenoxy) is 2. The van der Waals surface area contributed by atoms with Gasteiger partial charge in [-0.3, -0.25) is 0 Å². The molecule has 6 nitrogen and oxygen atoms in total. The Labute approximate surface area is 147 Å². The lowest BCUT2D eigenvalue weighted by Crippen LogP contribution is -2.34. The minimum Gasteiger partial charge on any atom is -0.454 e. The Hall–Kier alpha value is -2.89. The highest BCUT2D eigenvalue weighted by molar-refractivity contribution is 5.93. The quantitative estimate of drug-likeness (QED) is 0.904. The lowest BCUT2D eigenvalue weighted by molar-refractivity contribution is 0.174. The van der Waals surface area contributed by atoms with Gasteiger partial charge in [0.2, 0.25) is 6.79 Å². The molecule has 0 aromatic heterocycles. The van der Waals surface area contributed by atoms with E-state index in [1.54, 1.807) is 4.90 Å². The van der Waals surface area contributed by atoms with E-state index in [0.717, 1.165) is 28.4 Å². The van der Waals surface area contributed by atoms with Crippen LogP contribution in [0, 0.1) is 0 Å². The summed E-state index contributed by atoms with van der Waals surface area (Å²) in [4.78, 5) is 16.4. The number of fused-ring (bicyclic) bond motifs is 1. The molecule has 1 heterocycles.